The Labute approximate surface area is 145 Å². The molecular formula is C16H13BrClNO2S. The molecule has 0 aromatic heterocycles. The van der Waals surface area contributed by atoms with Crippen molar-refractivity contribution in [3.8, 4) is 11.8 Å². The number of hydrogen-bond donors (Lipinski definition) is 0. The van der Waals surface area contributed by atoms with Gasteiger partial charge in [0, 0.05) is 21.6 Å². The fourth-order valence-corrected chi connectivity index (χ4v) is 3.55. The average Bonchev–Trinajstić information content (AvgIpc) is 2.50. The maximum atomic E-state index is 12.0. The molecule has 1 unspecified atom stereocenters. The summed E-state index contributed by atoms with van der Waals surface area (Å²) in [4.78, 5) is 0. The van der Waals surface area contributed by atoms with E-state index in [0.29, 0.717) is 34.4 Å². The Balaban J connectivity index is 1.81. The molecule has 0 saturated carbocycles. The normalized spacial score (nSPS) is 11.7. The molecule has 0 aliphatic rings. The van der Waals surface area contributed by atoms with Gasteiger partial charge in [-0.05, 0) is 51.8 Å². The number of benzene rings is 2. The molecule has 2 aromatic rings. The van der Waals surface area contributed by atoms with Crippen molar-refractivity contribution in [1.29, 1.82) is 5.26 Å². The number of rotatable bonds is 6. The lowest BCUT2D eigenvalue weighted by Gasteiger charge is -2.08. The van der Waals surface area contributed by atoms with Crippen molar-refractivity contribution in [3.63, 3.8) is 0 Å². The van der Waals surface area contributed by atoms with E-state index in [1.54, 1.807) is 30.3 Å². The molecule has 0 N–H and O–H groups in total. The molecule has 22 heavy (non-hydrogen) atoms. The quantitative estimate of drug-likeness (QED) is 0.729. The fourth-order valence-electron chi connectivity index (χ4n) is 1.77. The van der Waals surface area contributed by atoms with E-state index in [2.05, 4.69) is 22.0 Å². The Morgan fingerprint density at radius 3 is 2.59 bits per heavy atom. The van der Waals surface area contributed by atoms with Crippen LogP contribution in [0.15, 0.2) is 46.9 Å². The van der Waals surface area contributed by atoms with Gasteiger partial charge in [-0.2, -0.15) is 5.26 Å². The molecule has 0 heterocycles. The van der Waals surface area contributed by atoms with Crippen LogP contribution in [0.1, 0.15) is 11.1 Å². The summed E-state index contributed by atoms with van der Waals surface area (Å²) >= 11 is 9.23. The van der Waals surface area contributed by atoms with Gasteiger partial charge in [-0.15, -0.1) is 0 Å². The highest BCUT2D eigenvalue weighted by Crippen LogP contribution is 2.27. The average molecular weight is 399 g/mol. The molecule has 0 aliphatic carbocycles. The van der Waals surface area contributed by atoms with Crippen LogP contribution in [0.5, 0.6) is 5.75 Å². The van der Waals surface area contributed by atoms with Gasteiger partial charge in [0.1, 0.15) is 5.75 Å². The van der Waals surface area contributed by atoms with Crippen LogP contribution >= 0.6 is 27.5 Å². The summed E-state index contributed by atoms with van der Waals surface area (Å²) in [7, 11) is -1.01. The van der Waals surface area contributed by atoms with Gasteiger partial charge in [-0.1, -0.05) is 23.7 Å². The minimum atomic E-state index is -1.01. The van der Waals surface area contributed by atoms with Crippen LogP contribution < -0.4 is 4.74 Å². The van der Waals surface area contributed by atoms with E-state index in [4.69, 9.17) is 21.6 Å². The third kappa shape index (κ3) is 5.13. The van der Waals surface area contributed by atoms with Gasteiger partial charge in [-0.3, -0.25) is 4.21 Å². The van der Waals surface area contributed by atoms with Crippen LogP contribution in [0.3, 0.4) is 0 Å². The van der Waals surface area contributed by atoms with E-state index in [0.717, 1.165) is 10.0 Å². The Bertz CT molecular complexity index is 713. The van der Waals surface area contributed by atoms with E-state index >= 15 is 0 Å². The third-order valence-electron chi connectivity index (χ3n) is 2.87. The number of nitrogens with zero attached hydrogens (tertiary/aromatic N) is 1. The summed E-state index contributed by atoms with van der Waals surface area (Å²) in [6.07, 6.45) is 0. The van der Waals surface area contributed by atoms with E-state index in [1.165, 1.54) is 0 Å². The molecule has 0 bridgehead atoms. The number of ether oxygens (including phenoxy) is 1. The molecular weight excluding hydrogens is 386 g/mol. The molecule has 0 saturated heterocycles. The van der Waals surface area contributed by atoms with Gasteiger partial charge in [0.15, 0.2) is 0 Å². The van der Waals surface area contributed by atoms with Gasteiger partial charge in [0.2, 0.25) is 0 Å². The predicted octanol–water partition coefficient (Wildman–Crippen LogP) is 4.30. The van der Waals surface area contributed by atoms with Crippen LogP contribution in [0.4, 0.5) is 0 Å². The Hall–Kier alpha value is -1.35. The number of hydrogen-bond acceptors (Lipinski definition) is 3. The standard InChI is InChI=1S/C16H13BrClNO2S/c17-15-9-14(18)5-6-16(15)21-7-8-22(20)11-13-3-1-12(10-19)2-4-13/h1-6,9H,7-8,11H2. The van der Waals surface area contributed by atoms with Crippen LogP contribution in [0, 0.1) is 11.3 Å². The van der Waals surface area contributed by atoms with Crippen molar-refractivity contribution in [2.75, 3.05) is 12.4 Å². The summed E-state index contributed by atoms with van der Waals surface area (Å²) in [6.45, 7) is 0.364. The summed E-state index contributed by atoms with van der Waals surface area (Å²) in [5, 5.41) is 9.36. The predicted molar refractivity (Wildman–Crippen MR) is 92.5 cm³/mol. The van der Waals surface area contributed by atoms with Crippen molar-refractivity contribution in [1.82, 2.24) is 0 Å². The zero-order valence-electron chi connectivity index (χ0n) is 11.6. The summed E-state index contributed by atoms with van der Waals surface area (Å²) in [6, 6.07) is 14.4. The molecule has 0 radical (unpaired) electrons. The first-order valence-corrected chi connectivity index (χ1v) is 9.16. The molecule has 0 amide bonds. The lowest BCUT2D eigenvalue weighted by Crippen LogP contribution is -2.10. The van der Waals surface area contributed by atoms with Crippen molar-refractivity contribution in [2.24, 2.45) is 0 Å². The molecule has 6 heteroatoms. The van der Waals surface area contributed by atoms with Crippen LogP contribution in [-0.4, -0.2) is 16.6 Å². The van der Waals surface area contributed by atoms with Gasteiger partial charge >= 0.3 is 0 Å². The first-order chi connectivity index (χ1) is 10.6. The lowest BCUT2D eigenvalue weighted by atomic mass is 10.2. The third-order valence-corrected chi connectivity index (χ3v) is 5.01. The first-order valence-electron chi connectivity index (χ1n) is 6.50. The molecule has 1 atom stereocenters. The summed E-state index contributed by atoms with van der Waals surface area (Å²) in [5.74, 6) is 1.58. The highest BCUT2D eigenvalue weighted by molar-refractivity contribution is 9.10. The Kier molecular flexibility index (Phi) is 6.44. The van der Waals surface area contributed by atoms with Gasteiger partial charge in [0.05, 0.1) is 28.5 Å². The Morgan fingerprint density at radius 1 is 1.23 bits per heavy atom. The van der Waals surface area contributed by atoms with Crippen molar-refractivity contribution < 1.29 is 8.95 Å². The maximum Gasteiger partial charge on any atom is 0.133 e. The monoisotopic (exact) mass is 397 g/mol. The van der Waals surface area contributed by atoms with Gasteiger partial charge in [-0.25, -0.2) is 0 Å². The maximum absolute atomic E-state index is 12.0. The number of halogens is 2. The smallest absolute Gasteiger partial charge is 0.133 e. The van der Waals surface area contributed by atoms with Crippen LogP contribution in [0.2, 0.25) is 5.02 Å². The van der Waals surface area contributed by atoms with Crippen molar-refractivity contribution in [2.45, 2.75) is 5.75 Å². The summed E-state index contributed by atoms with van der Waals surface area (Å²) < 4.78 is 18.4. The number of nitriles is 1. The molecule has 0 spiro atoms. The highest BCUT2D eigenvalue weighted by atomic mass is 79.9. The fraction of sp³-hybridized carbons (Fsp3) is 0.188. The first kappa shape index (κ1) is 17.0. The van der Waals surface area contributed by atoms with Gasteiger partial charge in [0.25, 0.3) is 0 Å². The molecule has 0 aliphatic heterocycles. The van der Waals surface area contributed by atoms with E-state index in [-0.39, 0.29) is 0 Å². The largest absolute Gasteiger partial charge is 0.491 e. The second kappa shape index (κ2) is 8.33. The minimum absolute atomic E-state index is 0.364. The van der Waals surface area contributed by atoms with Crippen LogP contribution in [0.25, 0.3) is 0 Å². The van der Waals surface area contributed by atoms with E-state index < -0.39 is 10.8 Å². The molecule has 0 fully saturated rings. The zero-order chi connectivity index (χ0) is 15.9. The molecule has 2 aromatic carbocycles. The minimum Gasteiger partial charge on any atom is -0.491 e. The van der Waals surface area contributed by atoms with Crippen molar-refractivity contribution in [3.05, 3.63) is 63.1 Å². The highest BCUT2D eigenvalue weighted by Gasteiger charge is 2.05. The lowest BCUT2D eigenvalue weighted by molar-refractivity contribution is 0.340. The van der Waals surface area contributed by atoms with Crippen molar-refractivity contribution >= 4 is 38.3 Å². The zero-order valence-corrected chi connectivity index (χ0v) is 14.7. The topological polar surface area (TPSA) is 50.1 Å². The molecule has 2 rings (SSSR count). The Morgan fingerprint density at radius 2 is 1.95 bits per heavy atom. The molecule has 114 valence electrons. The SMILES string of the molecule is N#Cc1ccc(CS(=O)CCOc2ccc(Cl)cc2Br)cc1. The van der Waals surface area contributed by atoms with Gasteiger partial charge < -0.3 is 4.74 Å². The second-order valence-corrected chi connectivity index (χ2v) is 7.39. The summed E-state index contributed by atoms with van der Waals surface area (Å²) in [5.41, 5.74) is 1.55. The second-order valence-electron chi connectivity index (χ2n) is 4.52. The van der Waals surface area contributed by atoms with Crippen LogP contribution in [-0.2, 0) is 16.6 Å². The van der Waals surface area contributed by atoms with E-state index in [9.17, 15) is 4.21 Å². The molecule has 3 nitrogen and oxygen atoms in total. The van der Waals surface area contributed by atoms with E-state index in [1.807, 2.05) is 12.1 Å².